The zero-order valence-electron chi connectivity index (χ0n) is 12.2. The zero-order valence-corrected chi connectivity index (χ0v) is 12.2. The molecule has 0 aliphatic carbocycles. The molecule has 0 saturated carbocycles. The molecule has 1 fully saturated rings. The van der Waals surface area contributed by atoms with Crippen LogP contribution in [0.25, 0.3) is 0 Å². The maximum absolute atomic E-state index is 12.3. The van der Waals surface area contributed by atoms with Gasteiger partial charge in [0.15, 0.2) is 0 Å². The third-order valence-electron chi connectivity index (χ3n) is 4.33. The lowest BCUT2D eigenvalue weighted by Crippen LogP contribution is -2.54. The Balaban J connectivity index is 2.12. The maximum atomic E-state index is 12.3. The average molecular weight is 294 g/mol. The van der Waals surface area contributed by atoms with Gasteiger partial charge in [0.25, 0.3) is 5.91 Å². The Morgan fingerprint density at radius 2 is 2.29 bits per heavy atom. The van der Waals surface area contributed by atoms with Crippen molar-refractivity contribution in [1.82, 2.24) is 9.88 Å². The van der Waals surface area contributed by atoms with Crippen molar-refractivity contribution in [3.05, 3.63) is 34.2 Å². The summed E-state index contributed by atoms with van der Waals surface area (Å²) in [5.74, 6) is -0.296. The second kappa shape index (κ2) is 6.41. The van der Waals surface area contributed by atoms with E-state index in [1.165, 1.54) is 17.0 Å². The van der Waals surface area contributed by atoms with Crippen molar-refractivity contribution in [1.29, 1.82) is 0 Å². The number of carbonyl (C=O) groups is 1. The molecule has 2 atom stereocenters. The number of amides is 1. The van der Waals surface area contributed by atoms with Gasteiger partial charge in [-0.1, -0.05) is 19.4 Å². The second-order valence-corrected chi connectivity index (χ2v) is 5.72. The molecule has 1 aromatic heterocycles. The van der Waals surface area contributed by atoms with Gasteiger partial charge in [0.1, 0.15) is 5.69 Å². The molecule has 21 heavy (non-hydrogen) atoms. The van der Waals surface area contributed by atoms with Crippen LogP contribution in [-0.2, 0) is 0 Å². The lowest BCUT2D eigenvalue weighted by Gasteiger charge is -2.44. The van der Waals surface area contributed by atoms with Crippen LogP contribution in [0.15, 0.2) is 23.0 Å². The van der Waals surface area contributed by atoms with Crippen molar-refractivity contribution < 1.29 is 15.0 Å². The minimum absolute atomic E-state index is 0.0772. The molecule has 6 nitrogen and oxygen atoms in total. The molecule has 2 rings (SSSR count). The van der Waals surface area contributed by atoms with E-state index in [-0.39, 0.29) is 30.3 Å². The molecule has 0 unspecified atom stereocenters. The van der Waals surface area contributed by atoms with Gasteiger partial charge < -0.3 is 20.1 Å². The van der Waals surface area contributed by atoms with Crippen LogP contribution in [0.1, 0.15) is 36.7 Å². The monoisotopic (exact) mass is 294 g/mol. The van der Waals surface area contributed by atoms with Crippen molar-refractivity contribution in [3.63, 3.8) is 0 Å². The fourth-order valence-electron chi connectivity index (χ4n) is 3.00. The molecular formula is C15H22N2O4. The topological polar surface area (TPSA) is 93.6 Å². The standard InChI is InChI=1S/C15H22N2O4/c1-2-6-15(10-18)7-8-17(9-12(15)19)14(21)11-4-3-5-13(20)16-11/h3-5,12,18-19H,2,6-10H2,1H3,(H,16,20)/t12-,15-/m1/s1. The highest BCUT2D eigenvalue weighted by Crippen LogP contribution is 2.36. The van der Waals surface area contributed by atoms with Gasteiger partial charge in [0.05, 0.1) is 12.7 Å². The molecule has 1 aliphatic rings. The molecule has 3 N–H and O–H groups in total. The van der Waals surface area contributed by atoms with E-state index < -0.39 is 11.5 Å². The molecule has 1 amide bonds. The van der Waals surface area contributed by atoms with Crippen molar-refractivity contribution in [2.45, 2.75) is 32.3 Å². The number of β-amino-alcohol motifs (C(OH)–C–C–N with tert-alkyl or cyclic N) is 1. The van der Waals surface area contributed by atoms with Crippen LogP contribution in [0.2, 0.25) is 0 Å². The smallest absolute Gasteiger partial charge is 0.270 e. The van der Waals surface area contributed by atoms with E-state index in [2.05, 4.69) is 4.98 Å². The van der Waals surface area contributed by atoms with Gasteiger partial charge in [-0.25, -0.2) is 0 Å². The highest BCUT2D eigenvalue weighted by atomic mass is 16.3. The largest absolute Gasteiger partial charge is 0.396 e. The number of rotatable bonds is 4. The third kappa shape index (κ3) is 3.16. The summed E-state index contributed by atoms with van der Waals surface area (Å²) in [6, 6.07) is 4.43. The van der Waals surface area contributed by atoms with Crippen LogP contribution in [0.4, 0.5) is 0 Å². The fraction of sp³-hybridized carbons (Fsp3) is 0.600. The number of nitrogens with zero attached hydrogens (tertiary/aromatic N) is 1. The number of aromatic nitrogens is 1. The van der Waals surface area contributed by atoms with E-state index in [1.807, 2.05) is 6.92 Å². The highest BCUT2D eigenvalue weighted by Gasteiger charge is 2.42. The van der Waals surface area contributed by atoms with Crippen LogP contribution < -0.4 is 5.56 Å². The summed E-state index contributed by atoms with van der Waals surface area (Å²) >= 11 is 0. The van der Waals surface area contributed by atoms with E-state index in [4.69, 9.17) is 0 Å². The molecule has 0 bridgehead atoms. The first-order chi connectivity index (χ1) is 10.0. The van der Waals surface area contributed by atoms with E-state index in [0.717, 1.165) is 12.8 Å². The molecule has 1 saturated heterocycles. The Bertz CT molecular complexity index is 557. The summed E-state index contributed by atoms with van der Waals surface area (Å²) in [5, 5.41) is 20.0. The number of pyridine rings is 1. The van der Waals surface area contributed by atoms with Crippen molar-refractivity contribution in [2.75, 3.05) is 19.7 Å². The number of likely N-dealkylation sites (tertiary alicyclic amines) is 1. The quantitative estimate of drug-likeness (QED) is 0.747. The van der Waals surface area contributed by atoms with Crippen LogP contribution in [0.5, 0.6) is 0 Å². The van der Waals surface area contributed by atoms with Gasteiger partial charge in [-0.3, -0.25) is 9.59 Å². The molecular weight excluding hydrogens is 272 g/mol. The summed E-state index contributed by atoms with van der Waals surface area (Å²) < 4.78 is 0. The Hall–Kier alpha value is -1.66. The molecule has 0 spiro atoms. The first-order valence-corrected chi connectivity index (χ1v) is 7.30. The highest BCUT2D eigenvalue weighted by molar-refractivity contribution is 5.92. The minimum atomic E-state index is -0.754. The number of hydrogen-bond donors (Lipinski definition) is 3. The average Bonchev–Trinajstić information content (AvgIpc) is 2.49. The third-order valence-corrected chi connectivity index (χ3v) is 4.33. The van der Waals surface area contributed by atoms with Gasteiger partial charge in [-0.2, -0.15) is 0 Å². The van der Waals surface area contributed by atoms with Gasteiger partial charge >= 0.3 is 0 Å². The number of hydrogen-bond acceptors (Lipinski definition) is 4. The SMILES string of the molecule is CCC[C@]1(CO)CCN(C(=O)c2cccc(=O)[nH]2)C[C@H]1O. The van der Waals surface area contributed by atoms with Crippen molar-refractivity contribution in [2.24, 2.45) is 5.41 Å². The first kappa shape index (κ1) is 15.7. The van der Waals surface area contributed by atoms with Crippen LogP contribution in [0.3, 0.4) is 0 Å². The zero-order chi connectivity index (χ0) is 15.5. The van der Waals surface area contributed by atoms with E-state index in [1.54, 1.807) is 6.07 Å². The number of aromatic amines is 1. The lowest BCUT2D eigenvalue weighted by atomic mass is 9.73. The Labute approximate surface area is 123 Å². The molecule has 1 aromatic rings. The number of nitrogens with one attached hydrogen (secondary N) is 1. The summed E-state index contributed by atoms with van der Waals surface area (Å²) in [6.45, 7) is 2.58. The predicted octanol–water partition coefficient (Wildman–Crippen LogP) is 0.360. The molecule has 0 radical (unpaired) electrons. The summed E-state index contributed by atoms with van der Waals surface area (Å²) in [7, 11) is 0. The van der Waals surface area contributed by atoms with Crippen LogP contribution >= 0.6 is 0 Å². The second-order valence-electron chi connectivity index (χ2n) is 5.72. The van der Waals surface area contributed by atoms with Crippen molar-refractivity contribution in [3.8, 4) is 0 Å². The number of piperidine rings is 1. The number of H-pyrrole nitrogens is 1. The van der Waals surface area contributed by atoms with Gasteiger partial charge in [0, 0.05) is 24.6 Å². The van der Waals surface area contributed by atoms with Gasteiger partial charge in [0.2, 0.25) is 5.56 Å². The predicted molar refractivity (Wildman–Crippen MR) is 78.0 cm³/mol. The number of aliphatic hydroxyl groups is 2. The van der Waals surface area contributed by atoms with E-state index >= 15 is 0 Å². The van der Waals surface area contributed by atoms with Crippen molar-refractivity contribution >= 4 is 5.91 Å². The Morgan fingerprint density at radius 1 is 1.52 bits per heavy atom. The minimum Gasteiger partial charge on any atom is -0.396 e. The molecule has 1 aliphatic heterocycles. The Morgan fingerprint density at radius 3 is 2.86 bits per heavy atom. The molecule has 0 aromatic carbocycles. The van der Waals surface area contributed by atoms with Crippen LogP contribution in [-0.4, -0.2) is 51.8 Å². The maximum Gasteiger partial charge on any atom is 0.270 e. The van der Waals surface area contributed by atoms with Crippen LogP contribution in [0, 0.1) is 5.41 Å². The Kier molecular flexibility index (Phi) is 4.80. The number of aliphatic hydroxyl groups excluding tert-OH is 2. The molecule has 6 heteroatoms. The fourth-order valence-corrected chi connectivity index (χ4v) is 3.00. The number of carbonyl (C=O) groups excluding carboxylic acids is 1. The summed E-state index contributed by atoms with van der Waals surface area (Å²) in [5.41, 5.74) is -0.619. The normalized spacial score (nSPS) is 25.9. The first-order valence-electron chi connectivity index (χ1n) is 7.30. The van der Waals surface area contributed by atoms with E-state index in [0.29, 0.717) is 13.0 Å². The summed E-state index contributed by atoms with van der Waals surface area (Å²) in [4.78, 5) is 27.6. The van der Waals surface area contributed by atoms with Gasteiger partial charge in [-0.05, 0) is 18.9 Å². The summed E-state index contributed by atoms with van der Waals surface area (Å²) in [6.07, 6.45) is 1.41. The molecule has 2 heterocycles. The van der Waals surface area contributed by atoms with Gasteiger partial charge in [-0.15, -0.1) is 0 Å². The lowest BCUT2D eigenvalue weighted by molar-refractivity contribution is -0.0714. The molecule has 116 valence electrons. The van der Waals surface area contributed by atoms with E-state index in [9.17, 15) is 19.8 Å².